The van der Waals surface area contributed by atoms with Crippen LogP contribution in [0.4, 0.5) is 5.69 Å². The fraction of sp³-hybridized carbons (Fsp3) is 0.125. The lowest BCUT2D eigenvalue weighted by molar-refractivity contribution is 0.461. The van der Waals surface area contributed by atoms with Gasteiger partial charge in [0.1, 0.15) is 5.69 Å². The summed E-state index contributed by atoms with van der Waals surface area (Å²) in [6.07, 6.45) is 0. The number of hydrogen-bond donors (Lipinski definition) is 2. The molecular formula is C16H15N3O4S. The van der Waals surface area contributed by atoms with Crippen LogP contribution in [0.1, 0.15) is 11.1 Å². The zero-order valence-electron chi connectivity index (χ0n) is 13.0. The van der Waals surface area contributed by atoms with E-state index >= 15 is 0 Å². The van der Waals surface area contributed by atoms with E-state index in [2.05, 4.69) is 14.9 Å². The summed E-state index contributed by atoms with van der Waals surface area (Å²) >= 11 is 0. The van der Waals surface area contributed by atoms with Crippen LogP contribution < -0.4 is 10.3 Å². The lowest BCUT2D eigenvalue weighted by Crippen LogP contribution is -2.13. The molecule has 0 saturated carbocycles. The molecule has 0 bridgehead atoms. The van der Waals surface area contributed by atoms with Crippen molar-refractivity contribution in [3.05, 3.63) is 63.9 Å². The van der Waals surface area contributed by atoms with Crippen molar-refractivity contribution in [1.82, 2.24) is 10.2 Å². The van der Waals surface area contributed by atoms with E-state index in [-0.39, 0.29) is 16.4 Å². The molecule has 1 aromatic carbocycles. The number of H-pyrrole nitrogens is 1. The molecule has 0 atom stereocenters. The van der Waals surface area contributed by atoms with Crippen LogP contribution >= 0.6 is 0 Å². The first-order chi connectivity index (χ1) is 11.4. The van der Waals surface area contributed by atoms with Crippen molar-refractivity contribution in [1.29, 1.82) is 0 Å². The van der Waals surface area contributed by atoms with Crippen LogP contribution in [0, 0.1) is 13.8 Å². The first kappa shape index (κ1) is 16.0. The molecular weight excluding hydrogens is 330 g/mol. The van der Waals surface area contributed by atoms with Crippen LogP contribution in [0.2, 0.25) is 0 Å². The van der Waals surface area contributed by atoms with E-state index in [0.29, 0.717) is 11.4 Å². The fourth-order valence-corrected chi connectivity index (χ4v) is 3.20. The minimum atomic E-state index is -3.86. The van der Waals surface area contributed by atoms with Crippen molar-refractivity contribution in [2.24, 2.45) is 0 Å². The van der Waals surface area contributed by atoms with Gasteiger partial charge in [0, 0.05) is 6.07 Å². The van der Waals surface area contributed by atoms with Crippen molar-refractivity contribution >= 4 is 15.7 Å². The monoisotopic (exact) mass is 345 g/mol. The molecule has 0 spiro atoms. The van der Waals surface area contributed by atoms with Gasteiger partial charge in [-0.2, -0.15) is 13.5 Å². The maximum atomic E-state index is 12.5. The van der Waals surface area contributed by atoms with E-state index in [4.69, 9.17) is 4.42 Å². The number of furan rings is 1. The average Bonchev–Trinajstić information content (AvgIpc) is 3.03. The summed E-state index contributed by atoms with van der Waals surface area (Å²) in [5.74, 6) is 0.243. The molecule has 3 rings (SSSR count). The highest BCUT2D eigenvalue weighted by Gasteiger charge is 2.21. The average molecular weight is 345 g/mol. The van der Waals surface area contributed by atoms with Crippen molar-refractivity contribution < 1.29 is 12.8 Å². The third-order valence-corrected chi connectivity index (χ3v) is 4.86. The number of sulfonamides is 1. The van der Waals surface area contributed by atoms with Gasteiger partial charge in [-0.3, -0.25) is 9.52 Å². The third-order valence-electron chi connectivity index (χ3n) is 3.63. The topological polar surface area (TPSA) is 105 Å². The normalized spacial score (nSPS) is 11.4. The number of benzene rings is 1. The molecule has 0 aliphatic rings. The van der Waals surface area contributed by atoms with Gasteiger partial charge >= 0.3 is 0 Å². The van der Waals surface area contributed by atoms with E-state index in [1.165, 1.54) is 24.3 Å². The first-order valence-corrected chi connectivity index (χ1v) is 8.60. The Kier molecular flexibility index (Phi) is 3.98. The molecule has 0 radical (unpaired) electrons. The number of rotatable bonds is 4. The molecule has 24 heavy (non-hydrogen) atoms. The molecule has 2 aromatic heterocycles. The maximum absolute atomic E-state index is 12.5. The Bertz CT molecular complexity index is 1030. The third kappa shape index (κ3) is 3.09. The molecule has 0 unspecified atom stereocenters. The quantitative estimate of drug-likeness (QED) is 0.755. The molecule has 2 heterocycles. The number of aryl methyl sites for hydroxylation is 1. The second-order valence-electron chi connectivity index (χ2n) is 5.28. The van der Waals surface area contributed by atoms with Gasteiger partial charge in [0.25, 0.3) is 15.6 Å². The lowest BCUT2D eigenvalue weighted by atomic mass is 10.1. The summed E-state index contributed by atoms with van der Waals surface area (Å²) < 4.78 is 32.9. The standard InChI is InChI=1S/C16H15N3O4S/c1-10-4-3-5-12(11(10)2)19-24(21,22)16-9-7-14(23-16)13-6-8-15(20)18-17-13/h3-9,19H,1-2H3,(H,18,20). The largest absolute Gasteiger partial charge is 0.441 e. The molecule has 124 valence electrons. The van der Waals surface area contributed by atoms with Crippen LogP contribution in [0.25, 0.3) is 11.5 Å². The van der Waals surface area contributed by atoms with E-state index in [0.717, 1.165) is 11.1 Å². The second kappa shape index (κ2) is 5.97. The van der Waals surface area contributed by atoms with Crippen molar-refractivity contribution in [2.75, 3.05) is 4.72 Å². The number of anilines is 1. The second-order valence-corrected chi connectivity index (χ2v) is 6.89. The van der Waals surface area contributed by atoms with Gasteiger partial charge in [-0.1, -0.05) is 12.1 Å². The Labute approximate surface area is 138 Å². The Balaban J connectivity index is 1.92. The molecule has 0 amide bonds. The van der Waals surface area contributed by atoms with E-state index in [9.17, 15) is 13.2 Å². The van der Waals surface area contributed by atoms with Gasteiger partial charge in [0.2, 0.25) is 5.09 Å². The molecule has 0 aliphatic heterocycles. The van der Waals surface area contributed by atoms with Crippen molar-refractivity contribution in [3.8, 4) is 11.5 Å². The predicted octanol–water partition coefficient (Wildman–Crippen LogP) is 2.45. The smallest absolute Gasteiger partial charge is 0.295 e. The molecule has 2 N–H and O–H groups in total. The molecule has 8 heteroatoms. The van der Waals surface area contributed by atoms with Crippen LogP contribution in [-0.4, -0.2) is 18.6 Å². The Hall–Kier alpha value is -2.87. The van der Waals surface area contributed by atoms with Crippen molar-refractivity contribution in [2.45, 2.75) is 18.9 Å². The highest BCUT2D eigenvalue weighted by atomic mass is 32.2. The number of hydrogen-bond acceptors (Lipinski definition) is 5. The highest BCUT2D eigenvalue weighted by Crippen LogP contribution is 2.25. The number of nitrogens with one attached hydrogen (secondary N) is 2. The Morgan fingerprint density at radius 2 is 1.88 bits per heavy atom. The minimum absolute atomic E-state index is 0.230. The van der Waals surface area contributed by atoms with Gasteiger partial charge in [-0.05, 0) is 49.2 Å². The molecule has 0 fully saturated rings. The van der Waals surface area contributed by atoms with Gasteiger partial charge in [-0.15, -0.1) is 0 Å². The van der Waals surface area contributed by atoms with Gasteiger partial charge in [-0.25, -0.2) is 5.10 Å². The summed E-state index contributed by atoms with van der Waals surface area (Å²) in [5, 5.41) is 5.85. The van der Waals surface area contributed by atoms with E-state index < -0.39 is 10.0 Å². The molecule has 7 nitrogen and oxygen atoms in total. The van der Waals surface area contributed by atoms with E-state index in [1.807, 2.05) is 19.9 Å². The van der Waals surface area contributed by atoms with Crippen LogP contribution in [0.15, 0.2) is 56.8 Å². The van der Waals surface area contributed by atoms with Crippen LogP contribution in [-0.2, 0) is 10.0 Å². The zero-order chi connectivity index (χ0) is 17.3. The minimum Gasteiger partial charge on any atom is -0.441 e. The summed E-state index contributed by atoms with van der Waals surface area (Å²) in [5.41, 5.74) is 2.30. The summed E-state index contributed by atoms with van der Waals surface area (Å²) in [7, 11) is -3.86. The number of aromatic amines is 1. The van der Waals surface area contributed by atoms with Crippen molar-refractivity contribution in [3.63, 3.8) is 0 Å². The van der Waals surface area contributed by atoms with Crippen LogP contribution in [0.5, 0.6) is 0 Å². The Morgan fingerprint density at radius 3 is 2.58 bits per heavy atom. The number of aromatic nitrogens is 2. The number of nitrogens with zero attached hydrogens (tertiary/aromatic N) is 1. The lowest BCUT2D eigenvalue weighted by Gasteiger charge is -2.10. The fourth-order valence-electron chi connectivity index (χ4n) is 2.14. The zero-order valence-corrected chi connectivity index (χ0v) is 13.8. The first-order valence-electron chi connectivity index (χ1n) is 7.12. The van der Waals surface area contributed by atoms with Gasteiger partial charge in [0.15, 0.2) is 5.76 Å². The van der Waals surface area contributed by atoms with Gasteiger partial charge < -0.3 is 4.42 Å². The van der Waals surface area contributed by atoms with E-state index in [1.54, 1.807) is 12.1 Å². The highest BCUT2D eigenvalue weighted by molar-refractivity contribution is 7.92. The molecule has 0 saturated heterocycles. The van der Waals surface area contributed by atoms with Crippen LogP contribution in [0.3, 0.4) is 0 Å². The summed E-state index contributed by atoms with van der Waals surface area (Å²) in [4.78, 5) is 11.0. The Morgan fingerprint density at radius 1 is 1.08 bits per heavy atom. The molecule has 0 aliphatic carbocycles. The predicted molar refractivity (Wildman–Crippen MR) is 89.3 cm³/mol. The summed E-state index contributed by atoms with van der Waals surface area (Å²) in [6, 6.07) is 10.9. The van der Waals surface area contributed by atoms with Gasteiger partial charge in [0.05, 0.1) is 5.69 Å². The SMILES string of the molecule is Cc1cccc(NS(=O)(=O)c2ccc(-c3ccc(=O)[nH]n3)o2)c1C. The summed E-state index contributed by atoms with van der Waals surface area (Å²) in [6.45, 7) is 3.74. The molecule has 3 aromatic rings. The maximum Gasteiger partial charge on any atom is 0.295 e.